The molecule has 0 radical (unpaired) electrons. The molecule has 0 amide bonds. The summed E-state index contributed by atoms with van der Waals surface area (Å²) in [5, 5.41) is 22.2. The number of non-ortho nitro benzene ring substituents is 2. The summed E-state index contributed by atoms with van der Waals surface area (Å²) >= 11 is 0. The van der Waals surface area contributed by atoms with E-state index in [0.717, 1.165) is 48.3 Å². The van der Waals surface area contributed by atoms with E-state index >= 15 is 0 Å². The van der Waals surface area contributed by atoms with Gasteiger partial charge < -0.3 is 9.64 Å². The van der Waals surface area contributed by atoms with E-state index in [-0.39, 0.29) is 11.4 Å². The molecule has 2 aliphatic rings. The van der Waals surface area contributed by atoms with Crippen LogP contribution in [0.5, 0.6) is 0 Å². The third kappa shape index (κ3) is 4.89. The molecule has 164 valence electrons. The number of hydrogen-bond donors (Lipinski definition) is 0. The highest BCUT2D eigenvalue weighted by atomic mass is 16.6. The smallest absolute Gasteiger partial charge is 0.271 e. The summed E-state index contributed by atoms with van der Waals surface area (Å²) in [5.74, 6) is 0. The Kier molecular flexibility index (Phi) is 6.37. The van der Waals surface area contributed by atoms with Crippen molar-refractivity contribution in [3.8, 4) is 0 Å². The monoisotopic (exact) mass is 434 g/mol. The molecule has 0 atom stereocenters. The van der Waals surface area contributed by atoms with Crippen molar-refractivity contribution >= 4 is 29.4 Å². The van der Waals surface area contributed by atoms with E-state index in [4.69, 9.17) is 4.74 Å². The lowest BCUT2D eigenvalue weighted by atomic mass is 10.1. The van der Waals surface area contributed by atoms with Crippen LogP contribution in [0.3, 0.4) is 0 Å². The number of rotatable bonds is 6. The van der Waals surface area contributed by atoms with Gasteiger partial charge in [-0.1, -0.05) is 18.2 Å². The molecule has 0 N–H and O–H groups in total. The third-order valence-electron chi connectivity index (χ3n) is 5.43. The Morgan fingerprint density at radius 2 is 1.62 bits per heavy atom. The Morgan fingerprint density at radius 1 is 0.938 bits per heavy atom. The number of aliphatic imine (C=N–C) groups is 1. The second kappa shape index (κ2) is 9.52. The van der Waals surface area contributed by atoms with Gasteiger partial charge in [0.2, 0.25) is 0 Å². The molecule has 0 unspecified atom stereocenters. The second-order valence-electron chi connectivity index (χ2n) is 7.53. The highest BCUT2D eigenvalue weighted by molar-refractivity contribution is 5.85. The Balaban J connectivity index is 1.69. The van der Waals surface area contributed by atoms with E-state index < -0.39 is 9.85 Å². The van der Waals surface area contributed by atoms with Crippen molar-refractivity contribution in [1.82, 2.24) is 4.90 Å². The first-order valence-corrected chi connectivity index (χ1v) is 10.3. The van der Waals surface area contributed by atoms with E-state index in [9.17, 15) is 20.2 Å². The Hall–Kier alpha value is -3.85. The summed E-state index contributed by atoms with van der Waals surface area (Å²) in [7, 11) is 0. The fourth-order valence-electron chi connectivity index (χ4n) is 3.94. The highest BCUT2D eigenvalue weighted by Crippen LogP contribution is 2.35. The predicted octanol–water partition coefficient (Wildman–Crippen LogP) is 4.67. The number of allylic oxidation sites excluding steroid dienone is 2. The highest BCUT2D eigenvalue weighted by Gasteiger charge is 2.25. The van der Waals surface area contributed by atoms with E-state index in [2.05, 4.69) is 9.89 Å². The van der Waals surface area contributed by atoms with Crippen LogP contribution < -0.4 is 0 Å². The van der Waals surface area contributed by atoms with Crippen LogP contribution >= 0.6 is 0 Å². The van der Waals surface area contributed by atoms with Crippen LogP contribution in [0.15, 0.2) is 70.4 Å². The van der Waals surface area contributed by atoms with Crippen LogP contribution in [0.25, 0.3) is 6.08 Å². The molecule has 0 spiro atoms. The minimum Gasteiger partial charge on any atom is -0.378 e. The molecule has 0 bridgehead atoms. The van der Waals surface area contributed by atoms with Crippen LogP contribution in [-0.2, 0) is 4.74 Å². The topological polar surface area (TPSA) is 111 Å². The van der Waals surface area contributed by atoms with Gasteiger partial charge in [-0.15, -0.1) is 0 Å². The average molecular weight is 434 g/mol. The minimum absolute atomic E-state index is 0.000268. The lowest BCUT2D eigenvalue weighted by Gasteiger charge is -2.31. The number of nitro groups is 2. The average Bonchev–Trinajstić information content (AvgIpc) is 3.21. The van der Waals surface area contributed by atoms with Gasteiger partial charge >= 0.3 is 0 Å². The first-order chi connectivity index (χ1) is 15.5. The van der Waals surface area contributed by atoms with Crippen molar-refractivity contribution < 1.29 is 14.6 Å². The Labute approximate surface area is 184 Å². The zero-order chi connectivity index (χ0) is 22.5. The number of ether oxygens (including phenoxy) is 1. The molecule has 1 aliphatic carbocycles. The van der Waals surface area contributed by atoms with E-state index in [1.807, 2.05) is 12.1 Å². The third-order valence-corrected chi connectivity index (χ3v) is 5.43. The van der Waals surface area contributed by atoms with Crippen LogP contribution in [0.1, 0.15) is 18.4 Å². The maximum atomic E-state index is 11.1. The summed E-state index contributed by atoms with van der Waals surface area (Å²) in [6.07, 6.45) is 5.32. The lowest BCUT2D eigenvalue weighted by Crippen LogP contribution is -2.36. The van der Waals surface area contributed by atoms with Crippen molar-refractivity contribution in [2.24, 2.45) is 4.99 Å². The van der Waals surface area contributed by atoms with Crippen LogP contribution in [0.2, 0.25) is 0 Å². The fourth-order valence-corrected chi connectivity index (χ4v) is 3.94. The normalized spacial score (nSPS) is 18.0. The van der Waals surface area contributed by atoms with Crippen molar-refractivity contribution in [1.29, 1.82) is 0 Å². The summed E-state index contributed by atoms with van der Waals surface area (Å²) in [4.78, 5) is 28.1. The van der Waals surface area contributed by atoms with Crippen LogP contribution in [-0.4, -0.2) is 47.3 Å². The van der Waals surface area contributed by atoms with Gasteiger partial charge in [-0.05, 0) is 41.7 Å². The van der Waals surface area contributed by atoms with E-state index in [1.54, 1.807) is 30.5 Å². The zero-order valence-corrected chi connectivity index (χ0v) is 17.3. The van der Waals surface area contributed by atoms with Gasteiger partial charge in [-0.2, -0.15) is 0 Å². The van der Waals surface area contributed by atoms with Crippen molar-refractivity contribution in [3.63, 3.8) is 0 Å². The van der Waals surface area contributed by atoms with Gasteiger partial charge in [0.15, 0.2) is 0 Å². The molecule has 1 saturated heterocycles. The predicted molar refractivity (Wildman–Crippen MR) is 121 cm³/mol. The van der Waals surface area contributed by atoms with Gasteiger partial charge in [0.25, 0.3) is 11.4 Å². The Morgan fingerprint density at radius 3 is 2.34 bits per heavy atom. The van der Waals surface area contributed by atoms with Crippen molar-refractivity contribution in [3.05, 3.63) is 91.2 Å². The van der Waals surface area contributed by atoms with Gasteiger partial charge in [0.05, 0.1) is 28.7 Å². The zero-order valence-electron chi connectivity index (χ0n) is 17.3. The maximum Gasteiger partial charge on any atom is 0.271 e. The number of nitro benzene ring substituents is 2. The first kappa shape index (κ1) is 21.4. The summed E-state index contributed by atoms with van der Waals surface area (Å²) in [6, 6.07) is 12.8. The van der Waals surface area contributed by atoms with Crippen LogP contribution in [0, 0.1) is 20.2 Å². The second-order valence-corrected chi connectivity index (χ2v) is 7.53. The van der Waals surface area contributed by atoms with Gasteiger partial charge in [0.1, 0.15) is 0 Å². The van der Waals surface area contributed by atoms with E-state index in [1.165, 1.54) is 18.2 Å². The molecule has 0 saturated carbocycles. The number of nitrogens with zero attached hydrogens (tertiary/aromatic N) is 4. The van der Waals surface area contributed by atoms with Gasteiger partial charge in [-0.3, -0.25) is 25.2 Å². The van der Waals surface area contributed by atoms with E-state index in [0.29, 0.717) is 18.9 Å². The Bertz CT molecular complexity index is 1130. The number of hydrogen-bond acceptors (Lipinski definition) is 7. The minimum atomic E-state index is -0.438. The summed E-state index contributed by atoms with van der Waals surface area (Å²) in [6.45, 7) is 2.75. The maximum absolute atomic E-state index is 11.1. The van der Waals surface area contributed by atoms with Gasteiger partial charge in [-0.25, -0.2) is 0 Å². The molecule has 9 heteroatoms. The fraction of sp³-hybridized carbons (Fsp3) is 0.261. The molecule has 9 nitrogen and oxygen atoms in total. The molecule has 2 aromatic carbocycles. The molecular formula is C23H22N4O5. The quantitative estimate of drug-likeness (QED) is 0.371. The SMILES string of the molecule is O=[N+]([O-])c1cccc(C=C2CCC(C=Nc3cccc([N+](=O)[O-])c3)=C2N2CCOCC2)c1. The molecule has 0 aromatic heterocycles. The number of morpholine rings is 1. The molecule has 4 rings (SSSR count). The van der Waals surface area contributed by atoms with Crippen LogP contribution in [0.4, 0.5) is 17.1 Å². The summed E-state index contributed by atoms with van der Waals surface area (Å²) < 4.78 is 5.50. The van der Waals surface area contributed by atoms with Gasteiger partial charge in [0, 0.05) is 49.3 Å². The molecule has 1 heterocycles. The standard InChI is InChI=1S/C23H22N4O5/c28-26(29)21-5-1-3-17(14-21)13-18-7-8-19(23(18)25-9-11-32-12-10-25)16-24-20-4-2-6-22(15-20)27(30)31/h1-6,13-16H,7-12H2. The van der Waals surface area contributed by atoms with Crippen molar-refractivity contribution in [2.45, 2.75) is 12.8 Å². The molecule has 1 aliphatic heterocycles. The lowest BCUT2D eigenvalue weighted by molar-refractivity contribution is -0.385. The molecule has 32 heavy (non-hydrogen) atoms. The van der Waals surface area contributed by atoms with Crippen molar-refractivity contribution in [2.75, 3.05) is 26.3 Å². The first-order valence-electron chi connectivity index (χ1n) is 10.3. The summed E-state index contributed by atoms with van der Waals surface area (Å²) in [5.41, 5.74) is 4.54. The molecule has 1 fully saturated rings. The molecular weight excluding hydrogens is 412 g/mol. The number of benzene rings is 2. The largest absolute Gasteiger partial charge is 0.378 e. The molecule has 2 aromatic rings.